The molecule has 1 aliphatic carbocycles. The predicted octanol–water partition coefficient (Wildman–Crippen LogP) is 2.17. The van der Waals surface area contributed by atoms with Gasteiger partial charge in [-0.15, -0.1) is 11.6 Å². The number of allylic oxidation sites excluding steroid dienone is 2. The van der Waals surface area contributed by atoms with Crippen molar-refractivity contribution in [2.45, 2.75) is 20.3 Å². The maximum atomic E-state index is 2.33. The minimum Gasteiger partial charge on any atom is -0.318 e. The summed E-state index contributed by atoms with van der Waals surface area (Å²) in [5.41, 5.74) is 1.52. The van der Waals surface area contributed by atoms with Crippen molar-refractivity contribution in [3.8, 4) is 0 Å². The molecule has 1 atom stereocenters. The van der Waals surface area contributed by atoms with Crippen LogP contribution in [0.1, 0.15) is 20.3 Å². The molecule has 0 amide bonds. The second-order valence-corrected chi connectivity index (χ2v) is 2.31. The van der Waals surface area contributed by atoms with Crippen molar-refractivity contribution < 1.29 is 32.7 Å². The third-order valence-corrected chi connectivity index (χ3v) is 1.36. The third-order valence-electron chi connectivity index (χ3n) is 1.36. The van der Waals surface area contributed by atoms with Crippen LogP contribution in [0.25, 0.3) is 0 Å². The van der Waals surface area contributed by atoms with Crippen molar-refractivity contribution in [1.29, 1.82) is 0 Å². The van der Waals surface area contributed by atoms with Crippen molar-refractivity contribution in [3.63, 3.8) is 0 Å². The van der Waals surface area contributed by atoms with E-state index >= 15 is 0 Å². The quantitative estimate of drug-likeness (QED) is 0.399. The van der Waals surface area contributed by atoms with E-state index in [-0.39, 0.29) is 32.7 Å². The summed E-state index contributed by atoms with van der Waals surface area (Å²) in [5.74, 6) is 0.736. The smallest absolute Gasteiger partial charge is 0 e. The molecule has 0 aromatic carbocycles. The van der Waals surface area contributed by atoms with Crippen molar-refractivity contribution >= 4 is 0 Å². The van der Waals surface area contributed by atoms with Gasteiger partial charge in [-0.3, -0.25) is 0 Å². The van der Waals surface area contributed by atoms with Crippen LogP contribution in [0, 0.1) is 12.3 Å². The summed E-state index contributed by atoms with van der Waals surface area (Å²) in [4.78, 5) is 0. The van der Waals surface area contributed by atoms with Crippen molar-refractivity contribution in [2.75, 3.05) is 0 Å². The SMILES string of the molecule is CC1=CC(C)[CH-]C1.[Y]. The van der Waals surface area contributed by atoms with Crippen LogP contribution in [0.5, 0.6) is 0 Å². The maximum Gasteiger partial charge on any atom is 0 e. The Morgan fingerprint density at radius 3 is 2.50 bits per heavy atom. The first-order chi connectivity index (χ1) is 3.29. The Balaban J connectivity index is 0.000000490. The van der Waals surface area contributed by atoms with Crippen LogP contribution in [0.2, 0.25) is 0 Å². The van der Waals surface area contributed by atoms with Crippen LogP contribution in [-0.2, 0) is 32.7 Å². The molecule has 0 fully saturated rings. The molecule has 0 nitrogen and oxygen atoms in total. The largest absolute Gasteiger partial charge is 0.318 e. The van der Waals surface area contributed by atoms with E-state index in [4.69, 9.17) is 0 Å². The van der Waals surface area contributed by atoms with E-state index in [9.17, 15) is 0 Å². The minimum atomic E-state index is 0. The molecule has 0 aliphatic heterocycles. The van der Waals surface area contributed by atoms with E-state index in [1.165, 1.54) is 12.0 Å². The molecule has 0 N–H and O–H groups in total. The van der Waals surface area contributed by atoms with Crippen LogP contribution in [0.4, 0.5) is 0 Å². The first-order valence-corrected chi connectivity index (χ1v) is 2.79. The van der Waals surface area contributed by atoms with Crippen molar-refractivity contribution in [1.82, 2.24) is 0 Å². The molecule has 8 heavy (non-hydrogen) atoms. The summed E-state index contributed by atoms with van der Waals surface area (Å²) < 4.78 is 0. The molecular weight excluding hydrogens is 173 g/mol. The van der Waals surface area contributed by atoms with Gasteiger partial charge in [-0.2, -0.15) is 12.3 Å². The Morgan fingerprint density at radius 1 is 1.75 bits per heavy atom. The summed E-state index contributed by atoms with van der Waals surface area (Å²) in [6.07, 6.45) is 5.84. The van der Waals surface area contributed by atoms with E-state index in [1.807, 2.05) is 0 Å². The van der Waals surface area contributed by atoms with Gasteiger partial charge in [-0.25, -0.2) is 0 Å². The second-order valence-electron chi connectivity index (χ2n) is 2.31. The summed E-state index contributed by atoms with van der Waals surface area (Å²) in [6, 6.07) is 0. The zero-order chi connectivity index (χ0) is 5.28. The molecule has 1 unspecified atom stereocenters. The van der Waals surface area contributed by atoms with Gasteiger partial charge in [0.15, 0.2) is 0 Å². The molecule has 0 saturated carbocycles. The Kier molecular flexibility index (Phi) is 4.19. The fourth-order valence-corrected chi connectivity index (χ4v) is 0.957. The molecular formula is C7H11Y-. The van der Waals surface area contributed by atoms with Crippen molar-refractivity contribution in [2.24, 2.45) is 5.92 Å². The van der Waals surface area contributed by atoms with Crippen LogP contribution in [0.3, 0.4) is 0 Å². The summed E-state index contributed by atoms with van der Waals surface area (Å²) in [6.45, 7) is 4.40. The molecule has 1 heteroatoms. The fourth-order valence-electron chi connectivity index (χ4n) is 0.957. The predicted molar refractivity (Wildman–Crippen MR) is 31.8 cm³/mol. The third kappa shape index (κ3) is 2.41. The van der Waals surface area contributed by atoms with Gasteiger partial charge in [0.2, 0.25) is 0 Å². The van der Waals surface area contributed by atoms with Gasteiger partial charge in [-0.1, -0.05) is 6.92 Å². The van der Waals surface area contributed by atoms with Gasteiger partial charge < -0.3 is 6.42 Å². The van der Waals surface area contributed by atoms with Gasteiger partial charge in [0.1, 0.15) is 0 Å². The van der Waals surface area contributed by atoms with E-state index in [1.54, 1.807) is 0 Å². The van der Waals surface area contributed by atoms with Crippen molar-refractivity contribution in [3.05, 3.63) is 18.1 Å². The molecule has 43 valence electrons. The molecule has 1 rings (SSSR count). The van der Waals surface area contributed by atoms with E-state index < -0.39 is 0 Å². The van der Waals surface area contributed by atoms with Gasteiger partial charge in [0.05, 0.1) is 0 Å². The standard InChI is InChI=1S/C7H11.Y/c1-6-3-4-7(2)5-6;/h3,5-6H,4H2,1-2H3;/q-1;. The Morgan fingerprint density at radius 2 is 2.38 bits per heavy atom. The minimum absolute atomic E-state index is 0. The number of hydrogen-bond acceptors (Lipinski definition) is 0. The molecule has 0 saturated heterocycles. The van der Waals surface area contributed by atoms with Crippen LogP contribution < -0.4 is 0 Å². The topological polar surface area (TPSA) is 0 Å². The molecule has 0 spiro atoms. The average Bonchev–Trinajstić information content (AvgIpc) is 1.87. The summed E-state index contributed by atoms with van der Waals surface area (Å²) in [5, 5.41) is 0. The summed E-state index contributed by atoms with van der Waals surface area (Å²) in [7, 11) is 0. The van der Waals surface area contributed by atoms with Crippen LogP contribution in [-0.4, -0.2) is 0 Å². The van der Waals surface area contributed by atoms with Gasteiger partial charge in [0.25, 0.3) is 0 Å². The Hall–Kier alpha value is 0.844. The number of rotatable bonds is 0. The molecule has 0 heterocycles. The van der Waals surface area contributed by atoms with E-state index in [0.29, 0.717) is 0 Å². The van der Waals surface area contributed by atoms with Gasteiger partial charge >= 0.3 is 0 Å². The molecule has 0 aromatic heterocycles. The average molecular weight is 184 g/mol. The van der Waals surface area contributed by atoms with Crippen LogP contribution in [0.15, 0.2) is 11.6 Å². The first-order valence-electron chi connectivity index (χ1n) is 2.79. The zero-order valence-corrected chi connectivity index (χ0v) is 8.35. The fraction of sp³-hybridized carbons (Fsp3) is 0.571. The molecule has 1 aliphatic rings. The zero-order valence-electron chi connectivity index (χ0n) is 5.52. The van der Waals surface area contributed by atoms with Gasteiger partial charge in [-0.05, 0) is 6.92 Å². The van der Waals surface area contributed by atoms with Crippen LogP contribution >= 0.6 is 0 Å². The monoisotopic (exact) mass is 184 g/mol. The van der Waals surface area contributed by atoms with Gasteiger partial charge in [0, 0.05) is 32.7 Å². The molecule has 0 bridgehead atoms. The number of hydrogen-bond donors (Lipinski definition) is 0. The first kappa shape index (κ1) is 8.84. The normalized spacial score (nSPS) is 26.8. The second kappa shape index (κ2) is 3.79. The maximum absolute atomic E-state index is 2.33. The Bertz CT molecular complexity index is 94.6. The molecule has 0 aromatic rings. The Labute approximate surface area is 76.6 Å². The molecule has 1 radical (unpaired) electrons. The van der Waals surface area contributed by atoms with E-state index in [0.717, 1.165) is 5.92 Å². The van der Waals surface area contributed by atoms with E-state index in [2.05, 4.69) is 26.3 Å². The summed E-state index contributed by atoms with van der Waals surface area (Å²) >= 11 is 0.